The Morgan fingerprint density at radius 3 is 2.35 bits per heavy atom. The van der Waals surface area contributed by atoms with E-state index in [4.69, 9.17) is 16.3 Å². The number of ether oxygens (including phenoxy) is 1. The van der Waals surface area contributed by atoms with Crippen molar-refractivity contribution in [1.82, 2.24) is 4.72 Å². The van der Waals surface area contributed by atoms with Crippen LogP contribution < -0.4 is 9.46 Å². The Balaban J connectivity index is 2.38. The summed E-state index contributed by atoms with van der Waals surface area (Å²) in [5, 5.41) is 10.8. The van der Waals surface area contributed by atoms with Gasteiger partial charge in [-0.15, -0.1) is 0 Å². The normalized spacial score (nSPS) is 12.0. The first-order valence-corrected chi connectivity index (χ1v) is 10.1. The van der Waals surface area contributed by atoms with Crippen molar-refractivity contribution in [2.45, 2.75) is 26.1 Å². The third-order valence-electron chi connectivity index (χ3n) is 3.43. The minimum Gasteiger partial charge on any atom is -0.456 e. The van der Waals surface area contributed by atoms with Crippen LogP contribution in [0.1, 0.15) is 29.8 Å². The Morgan fingerprint density at radius 1 is 1.19 bits per heavy atom. The molecule has 1 amide bonds. The minimum absolute atomic E-state index is 0.223. The number of nitro benzene ring substituents is 1. The maximum Gasteiger partial charge on any atom is 0.416 e. The van der Waals surface area contributed by atoms with Gasteiger partial charge in [0.05, 0.1) is 21.6 Å². The molecule has 0 fully saturated rings. The number of benzene rings is 2. The summed E-state index contributed by atoms with van der Waals surface area (Å²) in [7, 11) is -4.56. The smallest absolute Gasteiger partial charge is 0.416 e. The molecule has 2 rings (SSSR count). The summed E-state index contributed by atoms with van der Waals surface area (Å²) < 4.78 is 73.1. The molecule has 0 bridgehead atoms. The van der Waals surface area contributed by atoms with E-state index in [9.17, 15) is 36.5 Å². The van der Waals surface area contributed by atoms with Crippen molar-refractivity contribution in [1.29, 1.82) is 0 Å². The van der Waals surface area contributed by atoms with Gasteiger partial charge in [-0.2, -0.15) is 21.6 Å². The van der Waals surface area contributed by atoms with E-state index in [0.29, 0.717) is 12.1 Å². The molecule has 31 heavy (non-hydrogen) atoms. The Hall–Kier alpha value is -2.90. The highest BCUT2D eigenvalue weighted by Gasteiger charge is 2.31. The van der Waals surface area contributed by atoms with Gasteiger partial charge in [0, 0.05) is 12.1 Å². The maximum absolute atomic E-state index is 12.7. The van der Waals surface area contributed by atoms with Gasteiger partial charge in [-0.05, 0) is 38.1 Å². The number of nitrogens with one attached hydrogen (secondary N) is 1. The maximum atomic E-state index is 12.7. The Morgan fingerprint density at radius 2 is 1.84 bits per heavy atom. The van der Waals surface area contributed by atoms with Crippen LogP contribution in [0.25, 0.3) is 0 Å². The zero-order valence-electron chi connectivity index (χ0n) is 15.8. The van der Waals surface area contributed by atoms with Crippen LogP contribution >= 0.6 is 11.6 Å². The molecular formula is C17H14ClF3N2O7S. The second-order valence-corrected chi connectivity index (χ2v) is 7.92. The molecule has 0 atom stereocenters. The lowest BCUT2D eigenvalue weighted by Crippen LogP contribution is -2.34. The number of rotatable bonds is 7. The van der Waals surface area contributed by atoms with Crippen molar-refractivity contribution in [2.75, 3.05) is 0 Å². The van der Waals surface area contributed by atoms with Crippen LogP contribution in [-0.2, 0) is 20.7 Å². The number of amides is 1. The topological polar surface area (TPSA) is 125 Å². The van der Waals surface area contributed by atoms with Crippen molar-refractivity contribution in [3.8, 4) is 11.5 Å². The summed E-state index contributed by atoms with van der Waals surface area (Å²) in [6.45, 7) is 2.77. The molecule has 0 radical (unpaired) electrons. The molecule has 0 unspecified atom stereocenters. The second kappa shape index (κ2) is 9.08. The van der Waals surface area contributed by atoms with Gasteiger partial charge >= 0.3 is 16.5 Å². The van der Waals surface area contributed by atoms with E-state index in [1.165, 1.54) is 18.6 Å². The number of hydrogen-bond donors (Lipinski definition) is 1. The number of nitro groups is 1. The first-order valence-electron chi connectivity index (χ1n) is 8.28. The number of carbonyl (C=O) groups is 1. The molecule has 0 aliphatic carbocycles. The minimum atomic E-state index is -4.63. The zero-order chi connectivity index (χ0) is 23.6. The van der Waals surface area contributed by atoms with Crippen LogP contribution in [0.5, 0.6) is 11.5 Å². The lowest BCUT2D eigenvalue weighted by molar-refractivity contribution is -0.385. The van der Waals surface area contributed by atoms with E-state index in [1.54, 1.807) is 0 Å². The van der Waals surface area contributed by atoms with Crippen LogP contribution in [0.3, 0.4) is 0 Å². The zero-order valence-corrected chi connectivity index (χ0v) is 17.3. The lowest BCUT2D eigenvalue weighted by atomic mass is 10.1. The van der Waals surface area contributed by atoms with Gasteiger partial charge in [0.15, 0.2) is 0 Å². The van der Waals surface area contributed by atoms with E-state index < -0.39 is 55.3 Å². The molecule has 0 saturated carbocycles. The number of hydrogen-bond acceptors (Lipinski definition) is 7. The van der Waals surface area contributed by atoms with Gasteiger partial charge in [-0.1, -0.05) is 11.6 Å². The summed E-state index contributed by atoms with van der Waals surface area (Å²) in [4.78, 5) is 22.6. The van der Waals surface area contributed by atoms with Gasteiger partial charge in [0.2, 0.25) is 0 Å². The van der Waals surface area contributed by atoms with Gasteiger partial charge < -0.3 is 4.74 Å². The third-order valence-corrected chi connectivity index (χ3v) is 4.80. The third kappa shape index (κ3) is 6.54. The molecule has 2 aromatic carbocycles. The summed E-state index contributed by atoms with van der Waals surface area (Å²) >= 11 is 5.80. The van der Waals surface area contributed by atoms with Crippen LogP contribution in [0.15, 0.2) is 36.4 Å². The van der Waals surface area contributed by atoms with Gasteiger partial charge in [-0.25, -0.2) is 4.72 Å². The standard InChI is InChI=1S/C17H14ClF3N2O7S/c1-9(2)30-31(27,28)22-16(24)12-8-11(4-5-14(12)23(25)26)29-15-6-3-10(7-13(15)18)17(19,20)21/h3-9H,1-2H3,(H,22,24). The Labute approximate surface area is 179 Å². The average Bonchev–Trinajstić information content (AvgIpc) is 2.60. The largest absolute Gasteiger partial charge is 0.456 e. The molecule has 0 heterocycles. The van der Waals surface area contributed by atoms with E-state index in [-0.39, 0.29) is 11.5 Å². The van der Waals surface area contributed by atoms with Gasteiger partial charge in [0.1, 0.15) is 17.1 Å². The summed E-state index contributed by atoms with van der Waals surface area (Å²) in [6, 6.07) is 5.00. The van der Waals surface area contributed by atoms with E-state index in [2.05, 4.69) is 4.18 Å². The van der Waals surface area contributed by atoms with Crippen molar-refractivity contribution in [3.05, 3.63) is 62.7 Å². The molecule has 2 aromatic rings. The quantitative estimate of drug-likeness (QED) is 0.456. The van der Waals surface area contributed by atoms with Crippen LogP contribution in [0.4, 0.5) is 18.9 Å². The molecule has 0 aliphatic rings. The number of carbonyl (C=O) groups excluding carboxylic acids is 1. The molecule has 0 aromatic heterocycles. The fourth-order valence-electron chi connectivity index (χ4n) is 2.25. The molecule has 0 spiro atoms. The van der Waals surface area contributed by atoms with Gasteiger partial charge in [0.25, 0.3) is 11.6 Å². The number of halogens is 4. The Bertz CT molecular complexity index is 1120. The van der Waals surface area contributed by atoms with Crippen LogP contribution in [0, 0.1) is 10.1 Å². The average molecular weight is 483 g/mol. The van der Waals surface area contributed by atoms with E-state index in [0.717, 1.165) is 24.3 Å². The van der Waals surface area contributed by atoms with E-state index >= 15 is 0 Å². The highest BCUT2D eigenvalue weighted by atomic mass is 35.5. The predicted molar refractivity (Wildman–Crippen MR) is 102 cm³/mol. The highest BCUT2D eigenvalue weighted by Crippen LogP contribution is 2.37. The molecule has 14 heteroatoms. The SMILES string of the molecule is CC(C)OS(=O)(=O)NC(=O)c1cc(Oc2ccc(C(F)(F)F)cc2Cl)ccc1[N+](=O)[O-]. The molecule has 168 valence electrons. The van der Waals surface area contributed by atoms with Crippen molar-refractivity contribution in [2.24, 2.45) is 0 Å². The monoisotopic (exact) mass is 482 g/mol. The number of alkyl halides is 3. The first-order chi connectivity index (χ1) is 14.2. The predicted octanol–water partition coefficient (Wildman–Crippen LogP) is 4.46. The second-order valence-electron chi connectivity index (χ2n) is 6.21. The van der Waals surface area contributed by atoms with Gasteiger partial charge in [-0.3, -0.25) is 19.1 Å². The number of nitrogens with zero attached hydrogens (tertiary/aromatic N) is 1. The summed E-state index contributed by atoms with van der Waals surface area (Å²) in [5.74, 6) is -1.83. The molecule has 0 aliphatic heterocycles. The molecule has 0 saturated heterocycles. The van der Waals surface area contributed by atoms with Crippen molar-refractivity contribution >= 4 is 33.5 Å². The van der Waals surface area contributed by atoms with E-state index in [1.807, 2.05) is 0 Å². The molecule has 9 nitrogen and oxygen atoms in total. The first kappa shape index (κ1) is 24.4. The highest BCUT2D eigenvalue weighted by molar-refractivity contribution is 7.85. The Kier molecular flexibility index (Phi) is 7.14. The fraction of sp³-hybridized carbons (Fsp3) is 0.235. The summed E-state index contributed by atoms with van der Waals surface area (Å²) in [6.07, 6.45) is -5.44. The summed E-state index contributed by atoms with van der Waals surface area (Å²) in [5.41, 5.74) is -2.46. The molecule has 1 N–H and O–H groups in total. The fourth-order valence-corrected chi connectivity index (χ4v) is 3.36. The lowest BCUT2D eigenvalue weighted by Gasteiger charge is -2.12. The van der Waals surface area contributed by atoms with Crippen molar-refractivity contribution in [3.63, 3.8) is 0 Å². The molecular weight excluding hydrogens is 469 g/mol. The van der Waals surface area contributed by atoms with Crippen LogP contribution in [-0.4, -0.2) is 25.4 Å². The van der Waals surface area contributed by atoms with Crippen molar-refractivity contribution < 1.29 is 40.2 Å². The van der Waals surface area contributed by atoms with Crippen LogP contribution in [0.2, 0.25) is 5.02 Å².